The van der Waals surface area contributed by atoms with Crippen LogP contribution in [-0.2, 0) is 20.8 Å². The van der Waals surface area contributed by atoms with Crippen molar-refractivity contribution in [2.75, 3.05) is 6.61 Å². The third-order valence-corrected chi connectivity index (χ3v) is 6.52. The van der Waals surface area contributed by atoms with Gasteiger partial charge in [0.15, 0.2) is 0 Å². The van der Waals surface area contributed by atoms with Crippen LogP contribution in [0.4, 0.5) is 0 Å². The molecule has 0 aromatic carbocycles. The summed E-state index contributed by atoms with van der Waals surface area (Å²) in [5.41, 5.74) is -0.0952. The molecule has 1 fully saturated rings. The molecule has 1 aromatic rings. The van der Waals surface area contributed by atoms with Gasteiger partial charge in [0.1, 0.15) is 6.73 Å². The molecular formula is C15H28BClN2O3Si. The molecule has 0 bridgehead atoms. The van der Waals surface area contributed by atoms with Crippen molar-refractivity contribution >= 4 is 32.4 Å². The molecule has 0 spiro atoms. The van der Waals surface area contributed by atoms with Gasteiger partial charge < -0.3 is 14.0 Å². The van der Waals surface area contributed by atoms with Gasteiger partial charge in [0.2, 0.25) is 0 Å². The summed E-state index contributed by atoms with van der Waals surface area (Å²) >= 11 is 6.30. The first-order valence-corrected chi connectivity index (χ1v) is 12.2. The Hall–Kier alpha value is -0.338. The van der Waals surface area contributed by atoms with Gasteiger partial charge in [0.25, 0.3) is 0 Å². The van der Waals surface area contributed by atoms with E-state index in [9.17, 15) is 0 Å². The third kappa shape index (κ3) is 4.39. The molecule has 5 nitrogen and oxygen atoms in total. The van der Waals surface area contributed by atoms with Gasteiger partial charge in [-0.3, -0.25) is 0 Å². The lowest BCUT2D eigenvalue weighted by Gasteiger charge is -2.32. The Kier molecular flexibility index (Phi) is 5.38. The minimum Gasteiger partial charge on any atom is -0.398 e. The second-order valence-electron chi connectivity index (χ2n) is 8.31. The molecule has 23 heavy (non-hydrogen) atoms. The van der Waals surface area contributed by atoms with E-state index in [1.54, 1.807) is 10.9 Å². The Morgan fingerprint density at radius 1 is 1.22 bits per heavy atom. The van der Waals surface area contributed by atoms with Crippen molar-refractivity contribution in [3.63, 3.8) is 0 Å². The van der Waals surface area contributed by atoms with Crippen molar-refractivity contribution in [2.24, 2.45) is 0 Å². The molecule has 130 valence electrons. The normalized spacial score (nSPS) is 20.3. The quantitative estimate of drug-likeness (QED) is 0.579. The molecule has 1 aromatic heterocycles. The second-order valence-corrected chi connectivity index (χ2v) is 14.3. The summed E-state index contributed by atoms with van der Waals surface area (Å²) in [6.07, 6.45) is 1.61. The van der Waals surface area contributed by atoms with Crippen LogP contribution in [0.2, 0.25) is 30.7 Å². The van der Waals surface area contributed by atoms with Gasteiger partial charge in [-0.2, -0.15) is 5.10 Å². The number of halogens is 1. The zero-order valence-corrected chi connectivity index (χ0v) is 17.0. The average molecular weight is 359 g/mol. The van der Waals surface area contributed by atoms with Gasteiger partial charge in [-0.15, -0.1) is 0 Å². The molecule has 0 radical (unpaired) electrons. The van der Waals surface area contributed by atoms with E-state index in [2.05, 4.69) is 24.7 Å². The zero-order chi connectivity index (χ0) is 17.5. The number of hydrogen-bond donors (Lipinski definition) is 0. The van der Waals surface area contributed by atoms with Gasteiger partial charge in [-0.1, -0.05) is 31.2 Å². The molecule has 0 amide bonds. The van der Waals surface area contributed by atoms with Crippen molar-refractivity contribution in [3.8, 4) is 0 Å². The monoisotopic (exact) mass is 358 g/mol. The van der Waals surface area contributed by atoms with Crippen molar-refractivity contribution in [2.45, 2.75) is 71.3 Å². The summed E-state index contributed by atoms with van der Waals surface area (Å²) in [6, 6.07) is 1.12. The van der Waals surface area contributed by atoms with Crippen molar-refractivity contribution in [3.05, 3.63) is 11.2 Å². The highest BCUT2D eigenvalue weighted by atomic mass is 35.5. The number of rotatable bonds is 6. The number of nitrogens with zero attached hydrogens (tertiary/aromatic N) is 2. The average Bonchev–Trinajstić information content (AvgIpc) is 2.82. The summed E-state index contributed by atoms with van der Waals surface area (Å²) in [4.78, 5) is 0. The summed E-state index contributed by atoms with van der Waals surface area (Å²) < 4.78 is 19.7. The van der Waals surface area contributed by atoms with E-state index in [4.69, 9.17) is 25.6 Å². The van der Waals surface area contributed by atoms with Crippen LogP contribution in [0, 0.1) is 0 Å². The maximum Gasteiger partial charge on any atom is 0.515 e. The summed E-state index contributed by atoms with van der Waals surface area (Å²) in [5.74, 6) is 0. The lowest BCUT2D eigenvalue weighted by Crippen LogP contribution is -2.41. The van der Waals surface area contributed by atoms with Crippen molar-refractivity contribution < 1.29 is 14.0 Å². The fraction of sp³-hybridized carbons (Fsp3) is 0.800. The molecule has 0 saturated carbocycles. The van der Waals surface area contributed by atoms with Crippen LogP contribution in [0.15, 0.2) is 6.20 Å². The highest BCUT2D eigenvalue weighted by Crippen LogP contribution is 2.36. The van der Waals surface area contributed by atoms with Crippen LogP contribution in [0.3, 0.4) is 0 Å². The Morgan fingerprint density at radius 3 is 2.30 bits per heavy atom. The molecule has 0 aliphatic carbocycles. The topological polar surface area (TPSA) is 45.5 Å². The fourth-order valence-corrected chi connectivity index (χ4v) is 3.18. The molecule has 2 rings (SSSR count). The largest absolute Gasteiger partial charge is 0.515 e. The Labute approximate surface area is 145 Å². The molecule has 1 saturated heterocycles. The smallest absolute Gasteiger partial charge is 0.398 e. The third-order valence-electron chi connectivity index (χ3n) is 4.52. The van der Waals surface area contributed by atoms with Crippen LogP contribution < -0.4 is 5.59 Å². The van der Waals surface area contributed by atoms with E-state index >= 15 is 0 Å². The Morgan fingerprint density at radius 2 is 1.78 bits per heavy atom. The molecule has 1 aliphatic rings. The minimum absolute atomic E-state index is 0.358. The highest BCUT2D eigenvalue weighted by molar-refractivity contribution is 6.76. The first kappa shape index (κ1) is 19.0. The summed E-state index contributed by atoms with van der Waals surface area (Å²) in [5, 5.41) is 4.84. The van der Waals surface area contributed by atoms with E-state index in [1.165, 1.54) is 0 Å². The predicted molar refractivity (Wildman–Crippen MR) is 97.1 cm³/mol. The molecule has 1 aliphatic heterocycles. The summed E-state index contributed by atoms with van der Waals surface area (Å²) in [7, 11) is -1.63. The minimum atomic E-state index is -1.10. The van der Waals surface area contributed by atoms with E-state index in [0.29, 0.717) is 11.8 Å². The van der Waals surface area contributed by atoms with Crippen molar-refractivity contribution in [1.82, 2.24) is 9.78 Å². The van der Waals surface area contributed by atoms with E-state index < -0.39 is 26.4 Å². The molecule has 2 heterocycles. The van der Waals surface area contributed by atoms with Crippen molar-refractivity contribution in [1.29, 1.82) is 0 Å². The number of aromatic nitrogens is 2. The van der Waals surface area contributed by atoms with Crippen LogP contribution in [0.5, 0.6) is 0 Å². The maximum atomic E-state index is 6.30. The van der Waals surface area contributed by atoms with Crippen LogP contribution in [0.25, 0.3) is 0 Å². The Balaban J connectivity index is 2.05. The molecule has 8 heteroatoms. The fourth-order valence-electron chi connectivity index (χ4n) is 2.19. The van der Waals surface area contributed by atoms with Gasteiger partial charge in [0, 0.05) is 14.7 Å². The van der Waals surface area contributed by atoms with Gasteiger partial charge >= 0.3 is 7.12 Å². The molecular weight excluding hydrogens is 331 g/mol. The van der Waals surface area contributed by atoms with Gasteiger partial charge in [0.05, 0.1) is 28.0 Å². The van der Waals surface area contributed by atoms with E-state index in [0.717, 1.165) is 18.2 Å². The second kappa shape index (κ2) is 6.52. The van der Waals surface area contributed by atoms with Crippen LogP contribution >= 0.6 is 11.6 Å². The first-order valence-electron chi connectivity index (χ1n) is 8.07. The van der Waals surface area contributed by atoms with Crippen LogP contribution in [-0.4, -0.2) is 42.8 Å². The van der Waals surface area contributed by atoms with Gasteiger partial charge in [-0.25, -0.2) is 4.68 Å². The standard InChI is InChI=1S/C15H28BClN2O3Si/c1-14(2)15(3,4)22-16(21-14)13-12(17)10-18-19(13)11-20-8-9-23(5,6)7/h10H,8-9,11H2,1-7H3. The first-order chi connectivity index (χ1) is 10.4. The Bertz CT molecular complexity index is 541. The molecule has 0 N–H and O–H groups in total. The van der Waals surface area contributed by atoms with E-state index in [1.807, 2.05) is 27.7 Å². The van der Waals surface area contributed by atoms with Crippen LogP contribution in [0.1, 0.15) is 27.7 Å². The highest BCUT2D eigenvalue weighted by Gasteiger charge is 2.53. The number of ether oxygens (including phenoxy) is 1. The zero-order valence-electron chi connectivity index (χ0n) is 15.3. The lowest BCUT2D eigenvalue weighted by atomic mass is 9.84. The maximum absolute atomic E-state index is 6.30. The van der Waals surface area contributed by atoms with Gasteiger partial charge in [-0.05, 0) is 33.7 Å². The SMILES string of the molecule is CC1(C)OB(c2c(Cl)cnn2COCC[Si](C)(C)C)OC1(C)C. The summed E-state index contributed by atoms with van der Waals surface area (Å²) in [6.45, 7) is 16.2. The number of hydrogen-bond acceptors (Lipinski definition) is 4. The van der Waals surface area contributed by atoms with E-state index in [-0.39, 0.29) is 0 Å². The molecule has 0 atom stereocenters. The predicted octanol–water partition coefficient (Wildman–Crippen LogP) is 3.15. The lowest BCUT2D eigenvalue weighted by molar-refractivity contribution is 0.00578. The molecule has 0 unspecified atom stereocenters.